The number of benzene rings is 2. The zero-order chi connectivity index (χ0) is 15.1. The van der Waals surface area contributed by atoms with Gasteiger partial charge in [0.15, 0.2) is 0 Å². The number of hydrogen-bond donors (Lipinski definition) is 2. The highest BCUT2D eigenvalue weighted by Crippen LogP contribution is 2.04. The molecule has 0 aliphatic rings. The van der Waals surface area contributed by atoms with Crippen LogP contribution in [0.2, 0.25) is 0 Å². The van der Waals surface area contributed by atoms with E-state index in [-0.39, 0.29) is 0 Å². The van der Waals surface area contributed by atoms with Crippen LogP contribution in [-0.4, -0.2) is 18.0 Å². The van der Waals surface area contributed by atoms with Gasteiger partial charge in [-0.15, -0.1) is 0 Å². The molecule has 2 N–H and O–H groups in total. The van der Waals surface area contributed by atoms with E-state index in [1.165, 1.54) is 6.21 Å². The van der Waals surface area contributed by atoms with Crippen molar-refractivity contribution < 1.29 is 9.59 Å². The molecule has 0 aliphatic heterocycles. The van der Waals surface area contributed by atoms with Crippen molar-refractivity contribution >= 4 is 23.7 Å². The molecule has 2 rings (SSSR count). The topological polar surface area (TPSA) is 70.6 Å². The molecule has 0 heterocycles. The lowest BCUT2D eigenvalue weighted by molar-refractivity contribution is -0.136. The molecule has 0 saturated heterocycles. The molecule has 0 radical (unpaired) electrons. The van der Waals surface area contributed by atoms with Gasteiger partial charge in [0.2, 0.25) is 0 Å². The van der Waals surface area contributed by atoms with Crippen LogP contribution in [0.5, 0.6) is 0 Å². The number of hydrazone groups is 1. The minimum atomic E-state index is -0.817. The van der Waals surface area contributed by atoms with Gasteiger partial charge in [-0.2, -0.15) is 5.10 Å². The first kappa shape index (κ1) is 14.5. The average Bonchev–Trinajstić information content (AvgIpc) is 2.50. The molecule has 0 unspecified atom stereocenters. The largest absolute Gasteiger partial charge is 0.329 e. The molecule has 5 nitrogen and oxygen atoms in total. The van der Waals surface area contributed by atoms with Gasteiger partial charge in [-0.05, 0) is 24.6 Å². The Hall–Kier alpha value is -2.95. The summed E-state index contributed by atoms with van der Waals surface area (Å²) in [6.45, 7) is 1.98. The Morgan fingerprint density at radius 2 is 1.62 bits per heavy atom. The van der Waals surface area contributed by atoms with Crippen molar-refractivity contribution in [3.63, 3.8) is 0 Å². The summed E-state index contributed by atoms with van der Waals surface area (Å²) in [5.41, 5.74) is 4.71. The van der Waals surface area contributed by atoms with E-state index in [2.05, 4.69) is 15.8 Å². The first-order valence-corrected chi connectivity index (χ1v) is 6.41. The van der Waals surface area contributed by atoms with Crippen LogP contribution >= 0.6 is 0 Å². The molecule has 2 aromatic rings. The number of carbonyl (C=O) groups excluding carboxylic acids is 2. The van der Waals surface area contributed by atoms with Gasteiger partial charge in [0.25, 0.3) is 0 Å². The number of carbonyl (C=O) groups is 2. The molecule has 0 aromatic heterocycles. The number of nitrogens with zero attached hydrogens (tertiary/aromatic N) is 1. The van der Waals surface area contributed by atoms with Gasteiger partial charge in [-0.3, -0.25) is 9.59 Å². The van der Waals surface area contributed by atoms with Gasteiger partial charge in [0, 0.05) is 5.69 Å². The molecule has 2 aromatic carbocycles. The third-order valence-corrected chi connectivity index (χ3v) is 2.69. The van der Waals surface area contributed by atoms with Crippen molar-refractivity contribution in [2.24, 2.45) is 5.10 Å². The number of aryl methyl sites for hydroxylation is 1. The normalized spacial score (nSPS) is 10.3. The van der Waals surface area contributed by atoms with Gasteiger partial charge in [0.1, 0.15) is 0 Å². The summed E-state index contributed by atoms with van der Waals surface area (Å²) in [5, 5.41) is 6.22. The molecule has 0 fully saturated rings. The highest BCUT2D eigenvalue weighted by atomic mass is 16.2. The molecule has 0 spiro atoms. The number of nitrogens with one attached hydrogen (secondary N) is 2. The van der Waals surface area contributed by atoms with Crippen molar-refractivity contribution in [1.29, 1.82) is 0 Å². The SMILES string of the molecule is Cc1ccc(C=NNC(=O)C(=O)Nc2ccccc2)cc1. The van der Waals surface area contributed by atoms with Crippen LogP contribution < -0.4 is 10.7 Å². The Bertz CT molecular complexity index is 649. The maximum absolute atomic E-state index is 11.6. The molecule has 0 saturated carbocycles. The van der Waals surface area contributed by atoms with Crippen LogP contribution in [0, 0.1) is 6.92 Å². The van der Waals surface area contributed by atoms with Gasteiger partial charge in [-0.25, -0.2) is 5.43 Å². The minimum absolute atomic E-state index is 0.556. The predicted octanol–water partition coefficient (Wildman–Crippen LogP) is 2.08. The second-order valence-corrected chi connectivity index (χ2v) is 4.43. The second-order valence-electron chi connectivity index (χ2n) is 4.43. The van der Waals surface area contributed by atoms with Crippen molar-refractivity contribution in [3.05, 3.63) is 65.7 Å². The van der Waals surface area contributed by atoms with Gasteiger partial charge in [0.05, 0.1) is 6.21 Å². The fraction of sp³-hybridized carbons (Fsp3) is 0.0625. The highest BCUT2D eigenvalue weighted by Gasteiger charge is 2.12. The van der Waals surface area contributed by atoms with Crippen LogP contribution in [0.4, 0.5) is 5.69 Å². The van der Waals surface area contributed by atoms with Crippen molar-refractivity contribution in [1.82, 2.24) is 5.43 Å². The van der Waals surface area contributed by atoms with Gasteiger partial charge in [-0.1, -0.05) is 48.0 Å². The van der Waals surface area contributed by atoms with E-state index in [1.54, 1.807) is 24.3 Å². The highest BCUT2D eigenvalue weighted by molar-refractivity contribution is 6.39. The lowest BCUT2D eigenvalue weighted by Crippen LogP contribution is -2.32. The third-order valence-electron chi connectivity index (χ3n) is 2.69. The second kappa shape index (κ2) is 7.00. The van der Waals surface area contributed by atoms with Crippen LogP contribution in [0.1, 0.15) is 11.1 Å². The summed E-state index contributed by atoms with van der Waals surface area (Å²) < 4.78 is 0. The van der Waals surface area contributed by atoms with E-state index in [0.717, 1.165) is 11.1 Å². The fourth-order valence-electron chi connectivity index (χ4n) is 1.58. The number of hydrogen-bond acceptors (Lipinski definition) is 3. The van der Waals surface area contributed by atoms with Crippen molar-refractivity contribution in [2.75, 3.05) is 5.32 Å². The predicted molar refractivity (Wildman–Crippen MR) is 82.0 cm³/mol. The summed E-state index contributed by atoms with van der Waals surface area (Å²) >= 11 is 0. The summed E-state index contributed by atoms with van der Waals surface area (Å²) in [6.07, 6.45) is 1.48. The number of amides is 2. The number of anilines is 1. The van der Waals surface area contributed by atoms with E-state index in [0.29, 0.717) is 5.69 Å². The molecule has 5 heteroatoms. The van der Waals surface area contributed by atoms with E-state index >= 15 is 0 Å². The Balaban J connectivity index is 1.86. The van der Waals surface area contributed by atoms with E-state index in [4.69, 9.17) is 0 Å². The smallest absolute Gasteiger partial charge is 0.318 e. The van der Waals surface area contributed by atoms with Crippen LogP contribution in [0.25, 0.3) is 0 Å². The quantitative estimate of drug-likeness (QED) is 0.514. The summed E-state index contributed by atoms with van der Waals surface area (Å²) in [6, 6.07) is 16.4. The van der Waals surface area contributed by atoms with Crippen LogP contribution in [0.3, 0.4) is 0 Å². The lowest BCUT2D eigenvalue weighted by Gasteiger charge is -2.03. The van der Waals surface area contributed by atoms with E-state index in [1.807, 2.05) is 37.3 Å². The van der Waals surface area contributed by atoms with E-state index < -0.39 is 11.8 Å². The zero-order valence-electron chi connectivity index (χ0n) is 11.5. The minimum Gasteiger partial charge on any atom is -0.318 e. The van der Waals surface area contributed by atoms with Crippen molar-refractivity contribution in [2.45, 2.75) is 6.92 Å². The molecule has 0 aliphatic carbocycles. The Kier molecular flexibility index (Phi) is 4.82. The first-order chi connectivity index (χ1) is 10.1. The van der Waals surface area contributed by atoms with E-state index in [9.17, 15) is 9.59 Å². The molecule has 2 amide bonds. The standard InChI is InChI=1S/C16H15N3O2/c1-12-7-9-13(10-8-12)11-17-19-16(21)15(20)18-14-5-3-2-4-6-14/h2-11H,1H3,(H,18,20)(H,19,21). The first-order valence-electron chi connectivity index (χ1n) is 6.41. The molecule has 106 valence electrons. The molecular formula is C16H15N3O2. The Labute approximate surface area is 122 Å². The maximum Gasteiger partial charge on any atom is 0.329 e. The summed E-state index contributed by atoms with van der Waals surface area (Å²) in [7, 11) is 0. The van der Waals surface area contributed by atoms with Gasteiger partial charge >= 0.3 is 11.8 Å². The lowest BCUT2D eigenvalue weighted by atomic mass is 10.2. The Morgan fingerprint density at radius 1 is 0.952 bits per heavy atom. The number of para-hydroxylation sites is 1. The monoisotopic (exact) mass is 281 g/mol. The fourth-order valence-corrected chi connectivity index (χ4v) is 1.58. The third kappa shape index (κ3) is 4.58. The summed E-state index contributed by atoms with van der Waals surface area (Å²) in [5.74, 6) is -1.58. The molecule has 0 atom stereocenters. The van der Waals surface area contributed by atoms with Crippen molar-refractivity contribution in [3.8, 4) is 0 Å². The average molecular weight is 281 g/mol. The molecule has 0 bridgehead atoms. The number of rotatable bonds is 3. The maximum atomic E-state index is 11.6. The summed E-state index contributed by atoms with van der Waals surface area (Å²) in [4.78, 5) is 23.2. The van der Waals surface area contributed by atoms with Crippen LogP contribution in [0.15, 0.2) is 59.7 Å². The molecule has 21 heavy (non-hydrogen) atoms. The Morgan fingerprint density at radius 3 is 2.29 bits per heavy atom. The molecular weight excluding hydrogens is 266 g/mol. The zero-order valence-corrected chi connectivity index (χ0v) is 11.5. The van der Waals surface area contributed by atoms with Gasteiger partial charge < -0.3 is 5.32 Å². The van der Waals surface area contributed by atoms with Crippen LogP contribution in [-0.2, 0) is 9.59 Å².